The Morgan fingerprint density at radius 3 is 1.85 bits per heavy atom. The molecule has 1 saturated carbocycles. The van der Waals surface area contributed by atoms with E-state index in [4.69, 9.17) is 5.11 Å². The summed E-state index contributed by atoms with van der Waals surface area (Å²) in [5.41, 5.74) is -0.419. The summed E-state index contributed by atoms with van der Waals surface area (Å²) in [7, 11) is 0. The topological polar surface area (TPSA) is 115 Å². The molecule has 0 unspecified atom stereocenters. The molecule has 2 aromatic heterocycles. The standard InChI is InChI=1S/C10H20.C7H6N4O2.CH3.Ir.H2O/c1-6-7(2)9(4)10(5)8(6)3;12-6-4-5(9-7(13)10-6)11-3-1-2-8-11;;;/h6-10H,1-5H3;1-4H,(H2,9,10,12,13);1H3;;1H2/q;;-1;;. The third-order valence-electron chi connectivity index (χ3n) is 5.60. The second-order valence-electron chi connectivity index (χ2n) is 6.67. The van der Waals surface area contributed by atoms with Gasteiger partial charge in [0.05, 0.1) is 0 Å². The Morgan fingerprint density at radius 2 is 1.50 bits per heavy atom. The van der Waals surface area contributed by atoms with Crippen LogP contribution >= 0.6 is 0 Å². The van der Waals surface area contributed by atoms with Gasteiger partial charge in [0.2, 0.25) is 0 Å². The maximum atomic E-state index is 10.9. The van der Waals surface area contributed by atoms with E-state index in [1.807, 2.05) is 0 Å². The zero-order chi connectivity index (χ0) is 17.1. The Morgan fingerprint density at radius 1 is 1.04 bits per heavy atom. The number of H-pyrrole nitrogens is 1. The Hall–Kier alpha value is -1.50. The van der Waals surface area contributed by atoms with E-state index in [-0.39, 0.29) is 38.8 Å². The van der Waals surface area contributed by atoms with E-state index < -0.39 is 11.6 Å². The molecule has 8 heteroatoms. The van der Waals surface area contributed by atoms with Crippen molar-refractivity contribution in [3.05, 3.63) is 42.3 Å². The number of nitrogens with zero attached hydrogens (tertiary/aromatic N) is 3. The van der Waals surface area contributed by atoms with Crippen molar-refractivity contribution in [3.8, 4) is 11.8 Å². The smallest absolute Gasteiger partial charge is 0.295 e. The number of hydrogen-bond donors (Lipinski definition) is 2. The number of hydrogen-bond acceptors (Lipinski definition) is 4. The number of aromatic amines is 1. The van der Waals surface area contributed by atoms with Crippen molar-refractivity contribution >= 4 is 0 Å². The van der Waals surface area contributed by atoms with Crippen LogP contribution in [0.15, 0.2) is 29.3 Å². The van der Waals surface area contributed by atoms with E-state index in [9.17, 15) is 4.79 Å². The summed E-state index contributed by atoms with van der Waals surface area (Å²) >= 11 is 0. The van der Waals surface area contributed by atoms with Crippen molar-refractivity contribution in [2.45, 2.75) is 34.6 Å². The number of aromatic nitrogens is 4. The molecule has 0 aromatic carbocycles. The summed E-state index contributed by atoms with van der Waals surface area (Å²) in [6, 6.07) is 2.52. The molecule has 0 atom stereocenters. The van der Waals surface area contributed by atoms with Crippen LogP contribution in [0.3, 0.4) is 0 Å². The number of nitrogens with one attached hydrogen (secondary N) is 1. The molecule has 1 aliphatic rings. The van der Waals surface area contributed by atoms with Gasteiger partial charge in [0.15, 0.2) is 5.82 Å². The summed E-state index contributed by atoms with van der Waals surface area (Å²) in [5, 5.41) is 12.8. The van der Waals surface area contributed by atoms with E-state index in [1.165, 1.54) is 10.7 Å². The van der Waals surface area contributed by atoms with Crippen LogP contribution in [0.5, 0.6) is 6.01 Å². The zero-order valence-electron chi connectivity index (χ0n) is 16.2. The maximum Gasteiger partial charge on any atom is 0.295 e. The molecule has 0 saturated heterocycles. The minimum atomic E-state index is -0.419. The van der Waals surface area contributed by atoms with Gasteiger partial charge in [-0.2, -0.15) is 10.1 Å². The largest absolute Gasteiger partial charge is 0.480 e. The molecule has 0 aliphatic heterocycles. The third-order valence-corrected chi connectivity index (χ3v) is 5.60. The Labute approximate surface area is 168 Å². The second kappa shape index (κ2) is 11.3. The molecule has 151 valence electrons. The third kappa shape index (κ3) is 6.04. The summed E-state index contributed by atoms with van der Waals surface area (Å²) in [6.07, 6.45) is 3.18. The average molecular weight is 544 g/mol. The van der Waals surface area contributed by atoms with Gasteiger partial charge >= 0.3 is 0 Å². The molecular weight excluding hydrogens is 512 g/mol. The van der Waals surface area contributed by atoms with Crippen LogP contribution in [0.4, 0.5) is 0 Å². The molecule has 4 N–H and O–H groups in total. The molecule has 3 rings (SSSR count). The fourth-order valence-electron chi connectivity index (χ4n) is 3.35. The molecule has 2 heterocycles. The first-order chi connectivity index (χ1) is 10.8. The van der Waals surface area contributed by atoms with Gasteiger partial charge in [-0.1, -0.05) is 34.6 Å². The van der Waals surface area contributed by atoms with Gasteiger partial charge < -0.3 is 18.0 Å². The fourth-order valence-corrected chi connectivity index (χ4v) is 3.35. The molecular formula is C18H31IrN4O3-. The first kappa shape index (κ1) is 26.7. The summed E-state index contributed by atoms with van der Waals surface area (Å²) < 4.78 is 1.38. The van der Waals surface area contributed by atoms with Gasteiger partial charge in [-0.05, 0) is 35.7 Å². The van der Waals surface area contributed by atoms with Gasteiger partial charge in [0.25, 0.3) is 11.6 Å². The van der Waals surface area contributed by atoms with Crippen molar-refractivity contribution in [1.29, 1.82) is 0 Å². The van der Waals surface area contributed by atoms with Crippen molar-refractivity contribution in [3.63, 3.8) is 0 Å². The molecule has 1 radical (unpaired) electrons. The SMILES string of the molecule is CC1C(C)C(C)C(C)C1C.O.O=c1cc(-n2cccn2)nc(O)[nH]1.[CH3-].[Ir]. The van der Waals surface area contributed by atoms with Crippen molar-refractivity contribution in [2.75, 3.05) is 0 Å². The first-order valence-corrected chi connectivity index (χ1v) is 8.11. The predicted octanol–water partition coefficient (Wildman–Crippen LogP) is 2.46. The van der Waals surface area contributed by atoms with Crippen molar-refractivity contribution < 1.29 is 30.7 Å². The van der Waals surface area contributed by atoms with Crippen LogP contribution in [0, 0.1) is 37.0 Å². The molecule has 1 aliphatic carbocycles. The molecule has 0 bridgehead atoms. The minimum Gasteiger partial charge on any atom is -0.480 e. The predicted molar refractivity (Wildman–Crippen MR) is 99.5 cm³/mol. The second-order valence-corrected chi connectivity index (χ2v) is 6.67. The molecule has 2 aromatic rings. The summed E-state index contributed by atoms with van der Waals surface area (Å²) in [5.74, 6) is 4.96. The van der Waals surface area contributed by atoms with Crippen LogP contribution in [0.2, 0.25) is 0 Å². The summed E-state index contributed by atoms with van der Waals surface area (Å²) in [4.78, 5) is 16.7. The Bertz CT molecular complexity index is 645. The van der Waals surface area contributed by atoms with Crippen LogP contribution in [-0.4, -0.2) is 30.3 Å². The average Bonchev–Trinajstić information content (AvgIpc) is 3.09. The quantitative estimate of drug-likeness (QED) is 0.538. The van der Waals surface area contributed by atoms with Gasteiger partial charge in [-0.3, -0.25) is 9.78 Å². The molecule has 0 amide bonds. The molecule has 7 nitrogen and oxygen atoms in total. The molecule has 0 spiro atoms. The van der Waals surface area contributed by atoms with Crippen molar-refractivity contribution in [1.82, 2.24) is 19.7 Å². The van der Waals surface area contributed by atoms with E-state index in [0.717, 1.165) is 29.6 Å². The van der Waals surface area contributed by atoms with E-state index in [2.05, 4.69) is 49.7 Å². The molecule has 26 heavy (non-hydrogen) atoms. The fraction of sp³-hybridized carbons (Fsp3) is 0.556. The van der Waals surface area contributed by atoms with Crippen LogP contribution in [0.25, 0.3) is 5.82 Å². The van der Waals surface area contributed by atoms with Gasteiger partial charge in [0, 0.05) is 38.6 Å². The normalized spacial score (nSPS) is 26.4. The Kier molecular flexibility index (Phi) is 11.6. The monoisotopic (exact) mass is 544 g/mol. The zero-order valence-corrected chi connectivity index (χ0v) is 18.6. The first-order valence-electron chi connectivity index (χ1n) is 8.11. The van der Waals surface area contributed by atoms with E-state index in [1.54, 1.807) is 18.5 Å². The van der Waals surface area contributed by atoms with E-state index in [0.29, 0.717) is 0 Å². The van der Waals surface area contributed by atoms with Crippen LogP contribution in [0.1, 0.15) is 34.6 Å². The molecule has 1 fully saturated rings. The van der Waals surface area contributed by atoms with Crippen LogP contribution in [-0.2, 0) is 20.1 Å². The maximum absolute atomic E-state index is 10.9. The van der Waals surface area contributed by atoms with Gasteiger partial charge in [-0.25, -0.2) is 4.68 Å². The Balaban J connectivity index is 0. The van der Waals surface area contributed by atoms with Crippen molar-refractivity contribution in [2.24, 2.45) is 29.6 Å². The van der Waals surface area contributed by atoms with Gasteiger partial charge in [-0.15, -0.1) is 0 Å². The number of aromatic hydroxyl groups is 1. The van der Waals surface area contributed by atoms with Gasteiger partial charge in [0.1, 0.15) is 0 Å². The minimum absolute atomic E-state index is 0. The van der Waals surface area contributed by atoms with E-state index >= 15 is 0 Å². The van der Waals surface area contributed by atoms with Crippen LogP contribution < -0.4 is 5.56 Å². The summed E-state index contributed by atoms with van der Waals surface area (Å²) in [6.45, 7) is 12.0. The number of rotatable bonds is 1.